The van der Waals surface area contributed by atoms with Crippen LogP contribution in [0, 0.1) is 0 Å². The Morgan fingerprint density at radius 1 is 1.21 bits per heavy atom. The molecule has 0 spiro atoms. The Morgan fingerprint density at radius 3 is 2.61 bits per heavy atom. The van der Waals surface area contributed by atoms with Gasteiger partial charge in [-0.05, 0) is 37.5 Å². The van der Waals surface area contributed by atoms with E-state index in [1.807, 2.05) is 0 Å². The zero-order valence-electron chi connectivity index (χ0n) is 20.2. The lowest BCUT2D eigenvalue weighted by atomic mass is 10.2. The van der Waals surface area contributed by atoms with E-state index in [9.17, 15) is 32.3 Å². The van der Waals surface area contributed by atoms with E-state index in [1.165, 1.54) is 34.7 Å². The third kappa shape index (κ3) is 5.35. The summed E-state index contributed by atoms with van der Waals surface area (Å²) < 4.78 is 63.7. The lowest BCUT2D eigenvalue weighted by Gasteiger charge is -2.30. The summed E-state index contributed by atoms with van der Waals surface area (Å²) in [7, 11) is 1.46. The molecule has 0 radical (unpaired) electrons. The number of nitrogens with zero attached hydrogens (tertiary/aromatic N) is 3. The Kier molecular flexibility index (Phi) is 6.37. The molecule has 14 heteroatoms. The standard InChI is InChI=1S/C24H25F4N5O5/c1-31-19-18(20(34)32(22(31)35)10-9-23(36)7-8-23)33(13-15-6-5-14(25)12-29-15)21(30-19)37-16-3-2-4-17(11-16)38-24(26,27)28/h2-6,11-12,15,21,29-30,36H,7-10,13H2,1H3. The minimum absolute atomic E-state index is 0.000999. The number of allylic oxidation sites excluding steroid dienone is 2. The third-order valence-electron chi connectivity index (χ3n) is 6.59. The van der Waals surface area contributed by atoms with Gasteiger partial charge in [0.05, 0.1) is 11.6 Å². The molecule has 3 N–H and O–H groups in total. The number of aromatic nitrogens is 2. The summed E-state index contributed by atoms with van der Waals surface area (Å²) in [6.45, 7) is 0.0715. The van der Waals surface area contributed by atoms with Gasteiger partial charge in [0.25, 0.3) is 11.9 Å². The van der Waals surface area contributed by atoms with Gasteiger partial charge >= 0.3 is 12.1 Å². The van der Waals surface area contributed by atoms with E-state index < -0.39 is 47.2 Å². The summed E-state index contributed by atoms with van der Waals surface area (Å²) in [5, 5.41) is 16.0. The molecule has 5 rings (SSSR count). The quantitative estimate of drug-likeness (QED) is 0.439. The van der Waals surface area contributed by atoms with Gasteiger partial charge in [-0.15, -0.1) is 13.2 Å². The number of fused-ring (bicyclic) bond motifs is 1. The number of hydrogen-bond donors (Lipinski definition) is 3. The van der Waals surface area contributed by atoms with Crippen LogP contribution >= 0.6 is 0 Å². The molecule has 0 amide bonds. The molecule has 10 nitrogen and oxygen atoms in total. The first-order valence-corrected chi connectivity index (χ1v) is 11.8. The lowest BCUT2D eigenvalue weighted by molar-refractivity contribution is -0.274. The molecular formula is C24H25F4N5O5. The van der Waals surface area contributed by atoms with Gasteiger partial charge in [-0.3, -0.25) is 13.9 Å². The highest BCUT2D eigenvalue weighted by Crippen LogP contribution is 2.39. The highest BCUT2D eigenvalue weighted by Gasteiger charge is 2.41. The molecule has 1 aromatic heterocycles. The normalized spacial score (nSPS) is 21.3. The molecular weight excluding hydrogens is 514 g/mol. The van der Waals surface area contributed by atoms with Gasteiger partial charge in [0.1, 0.15) is 28.8 Å². The number of aliphatic hydroxyl groups is 1. The summed E-state index contributed by atoms with van der Waals surface area (Å²) in [5.41, 5.74) is -2.02. The summed E-state index contributed by atoms with van der Waals surface area (Å²) in [5.74, 6) is -0.836. The smallest absolute Gasteiger partial charge is 0.452 e. The van der Waals surface area contributed by atoms with Crippen LogP contribution in [0.3, 0.4) is 0 Å². The Hall–Kier alpha value is -3.94. The topological polar surface area (TPSA) is 110 Å². The number of hydrogen-bond acceptors (Lipinski definition) is 8. The van der Waals surface area contributed by atoms with Crippen LogP contribution in [0.5, 0.6) is 11.5 Å². The number of benzene rings is 1. The Bertz CT molecular complexity index is 1410. The number of alkyl halides is 3. The van der Waals surface area contributed by atoms with E-state index in [0.717, 1.165) is 22.9 Å². The fourth-order valence-electron chi connectivity index (χ4n) is 4.38. The number of dihydropyridines is 1. The van der Waals surface area contributed by atoms with Gasteiger partial charge in [-0.2, -0.15) is 0 Å². The fraction of sp³-hybridized carbons (Fsp3) is 0.417. The highest BCUT2D eigenvalue weighted by atomic mass is 19.4. The predicted octanol–water partition coefficient (Wildman–Crippen LogP) is 2.29. The average molecular weight is 539 g/mol. The van der Waals surface area contributed by atoms with Crippen molar-refractivity contribution >= 4 is 11.5 Å². The van der Waals surface area contributed by atoms with Crippen molar-refractivity contribution in [2.24, 2.45) is 7.05 Å². The highest BCUT2D eigenvalue weighted by molar-refractivity contribution is 5.71. The van der Waals surface area contributed by atoms with Gasteiger partial charge in [0.15, 0.2) is 0 Å². The molecule has 1 fully saturated rings. The van der Waals surface area contributed by atoms with Crippen LogP contribution < -0.4 is 36.3 Å². The van der Waals surface area contributed by atoms with Crippen molar-refractivity contribution in [2.75, 3.05) is 16.8 Å². The summed E-state index contributed by atoms with van der Waals surface area (Å²) in [6.07, 6.45) is -0.616. The van der Waals surface area contributed by atoms with Crippen molar-refractivity contribution in [3.8, 4) is 11.5 Å². The number of nitrogens with one attached hydrogen (secondary N) is 2. The van der Waals surface area contributed by atoms with E-state index in [0.29, 0.717) is 12.8 Å². The van der Waals surface area contributed by atoms with Crippen molar-refractivity contribution in [1.29, 1.82) is 0 Å². The minimum Gasteiger partial charge on any atom is -0.452 e. The van der Waals surface area contributed by atoms with Crippen LogP contribution in [0.15, 0.2) is 58.0 Å². The van der Waals surface area contributed by atoms with E-state index in [2.05, 4.69) is 15.4 Å². The Morgan fingerprint density at radius 2 is 1.95 bits per heavy atom. The summed E-state index contributed by atoms with van der Waals surface area (Å²) in [4.78, 5) is 28.1. The maximum absolute atomic E-state index is 13.6. The number of ether oxygens (including phenoxy) is 2. The first-order valence-electron chi connectivity index (χ1n) is 11.8. The molecule has 1 aliphatic carbocycles. The third-order valence-corrected chi connectivity index (χ3v) is 6.59. The first-order chi connectivity index (χ1) is 17.9. The summed E-state index contributed by atoms with van der Waals surface area (Å²) >= 11 is 0. The molecule has 38 heavy (non-hydrogen) atoms. The molecule has 2 unspecified atom stereocenters. The van der Waals surface area contributed by atoms with Crippen LogP contribution in [0.2, 0.25) is 0 Å². The van der Waals surface area contributed by atoms with Gasteiger partial charge in [-0.25, -0.2) is 9.18 Å². The molecule has 1 saturated carbocycles. The molecule has 0 bridgehead atoms. The Balaban J connectivity index is 1.49. The molecule has 204 valence electrons. The maximum Gasteiger partial charge on any atom is 0.573 e. The number of rotatable bonds is 8. The molecule has 2 aromatic rings. The van der Waals surface area contributed by atoms with Crippen LogP contribution in [0.4, 0.5) is 29.1 Å². The molecule has 2 atom stereocenters. The molecule has 0 saturated heterocycles. The zero-order valence-corrected chi connectivity index (χ0v) is 20.2. The molecule has 3 heterocycles. The maximum atomic E-state index is 13.6. The second-order valence-electron chi connectivity index (χ2n) is 9.42. The number of halogens is 4. The average Bonchev–Trinajstić information content (AvgIpc) is 3.48. The van der Waals surface area contributed by atoms with Gasteiger partial charge in [-0.1, -0.05) is 12.1 Å². The lowest BCUT2D eigenvalue weighted by Crippen LogP contribution is -2.49. The van der Waals surface area contributed by atoms with Crippen LogP contribution in [-0.4, -0.2) is 45.1 Å². The van der Waals surface area contributed by atoms with Crippen molar-refractivity contribution in [3.05, 3.63) is 69.3 Å². The molecule has 3 aliphatic rings. The monoisotopic (exact) mass is 539 g/mol. The molecule has 2 aliphatic heterocycles. The van der Waals surface area contributed by atoms with Gasteiger partial charge in [0, 0.05) is 32.4 Å². The van der Waals surface area contributed by atoms with Crippen molar-refractivity contribution in [3.63, 3.8) is 0 Å². The van der Waals surface area contributed by atoms with E-state index in [-0.39, 0.29) is 36.8 Å². The Labute approximate surface area is 213 Å². The van der Waals surface area contributed by atoms with E-state index >= 15 is 0 Å². The predicted molar refractivity (Wildman–Crippen MR) is 129 cm³/mol. The SMILES string of the molecule is Cn1c2c(c(=O)n(CCC3(O)CC3)c1=O)N(CC1C=CC(F)=CN1)C(Oc1cccc(OC(F)(F)F)c1)N2. The van der Waals surface area contributed by atoms with Crippen LogP contribution in [-0.2, 0) is 13.6 Å². The van der Waals surface area contributed by atoms with Crippen molar-refractivity contribution < 1.29 is 32.1 Å². The minimum atomic E-state index is -4.90. The van der Waals surface area contributed by atoms with Crippen LogP contribution in [0.1, 0.15) is 19.3 Å². The summed E-state index contributed by atoms with van der Waals surface area (Å²) in [6, 6.07) is 4.42. The fourth-order valence-corrected chi connectivity index (χ4v) is 4.38. The van der Waals surface area contributed by atoms with E-state index in [1.54, 1.807) is 6.08 Å². The number of anilines is 2. The van der Waals surface area contributed by atoms with Crippen molar-refractivity contribution in [1.82, 2.24) is 14.5 Å². The van der Waals surface area contributed by atoms with Crippen molar-refractivity contribution in [2.45, 2.75) is 50.2 Å². The zero-order chi connectivity index (χ0) is 27.2. The molecule has 1 aromatic carbocycles. The second kappa shape index (κ2) is 9.42. The van der Waals surface area contributed by atoms with Gasteiger partial charge in [0.2, 0.25) is 0 Å². The van der Waals surface area contributed by atoms with Crippen LogP contribution in [0.25, 0.3) is 0 Å². The largest absolute Gasteiger partial charge is 0.573 e. The first kappa shape index (κ1) is 25.7. The van der Waals surface area contributed by atoms with E-state index in [4.69, 9.17) is 4.74 Å². The second-order valence-corrected chi connectivity index (χ2v) is 9.42. The van der Waals surface area contributed by atoms with Gasteiger partial charge < -0.3 is 30.1 Å².